The zero-order chi connectivity index (χ0) is 19.5. The molecule has 0 spiro atoms. The Morgan fingerprint density at radius 3 is 2.56 bits per heavy atom. The van der Waals surface area contributed by atoms with Crippen molar-refractivity contribution >= 4 is 0 Å². The molecular formula is C23H35NO3. The SMILES string of the molecule is C=C(C)CCC1(CC)CCN(C[C@@H](O)C2(C)COc3ccccc3O2)CC1. The minimum absolute atomic E-state index is 0.372. The van der Waals surface area contributed by atoms with Gasteiger partial charge >= 0.3 is 0 Å². The van der Waals surface area contributed by atoms with E-state index in [1.807, 2.05) is 31.2 Å². The summed E-state index contributed by atoms with van der Waals surface area (Å²) >= 11 is 0. The van der Waals surface area contributed by atoms with Crippen molar-refractivity contribution in [2.24, 2.45) is 5.41 Å². The molecule has 2 atom stereocenters. The van der Waals surface area contributed by atoms with Gasteiger partial charge in [-0.15, -0.1) is 6.58 Å². The zero-order valence-electron chi connectivity index (χ0n) is 17.2. The molecule has 0 amide bonds. The third-order valence-corrected chi connectivity index (χ3v) is 6.59. The number of aliphatic hydroxyl groups is 1. The van der Waals surface area contributed by atoms with Gasteiger partial charge in [0, 0.05) is 6.54 Å². The number of fused-ring (bicyclic) bond motifs is 1. The van der Waals surface area contributed by atoms with Gasteiger partial charge in [0.15, 0.2) is 17.1 Å². The number of ether oxygens (including phenoxy) is 2. The summed E-state index contributed by atoms with van der Waals surface area (Å²) in [7, 11) is 0. The average Bonchev–Trinajstić information content (AvgIpc) is 2.67. The summed E-state index contributed by atoms with van der Waals surface area (Å²) in [6.45, 7) is 13.5. The van der Waals surface area contributed by atoms with Gasteiger partial charge in [-0.3, -0.25) is 0 Å². The van der Waals surface area contributed by atoms with E-state index >= 15 is 0 Å². The molecule has 2 aliphatic heterocycles. The molecule has 1 aromatic rings. The predicted molar refractivity (Wildman–Crippen MR) is 109 cm³/mol. The number of nitrogens with zero attached hydrogens (tertiary/aromatic N) is 1. The first-order valence-electron chi connectivity index (χ1n) is 10.3. The number of rotatable bonds is 7. The van der Waals surface area contributed by atoms with Crippen molar-refractivity contribution in [2.75, 3.05) is 26.2 Å². The molecule has 27 heavy (non-hydrogen) atoms. The van der Waals surface area contributed by atoms with E-state index in [2.05, 4.69) is 25.3 Å². The van der Waals surface area contributed by atoms with Crippen LogP contribution in [0.2, 0.25) is 0 Å². The molecular weight excluding hydrogens is 338 g/mol. The molecule has 2 aliphatic rings. The molecule has 1 unspecified atom stereocenters. The van der Waals surface area contributed by atoms with Crippen LogP contribution in [-0.4, -0.2) is 48.0 Å². The zero-order valence-corrected chi connectivity index (χ0v) is 17.2. The lowest BCUT2D eigenvalue weighted by Gasteiger charge is -2.44. The van der Waals surface area contributed by atoms with Gasteiger partial charge in [0.05, 0.1) is 0 Å². The van der Waals surface area contributed by atoms with Crippen LogP contribution in [0.3, 0.4) is 0 Å². The topological polar surface area (TPSA) is 41.9 Å². The fraction of sp³-hybridized carbons (Fsp3) is 0.652. The molecule has 0 saturated carbocycles. The van der Waals surface area contributed by atoms with Gasteiger partial charge in [-0.05, 0) is 70.2 Å². The van der Waals surface area contributed by atoms with Gasteiger partial charge in [0.2, 0.25) is 0 Å². The van der Waals surface area contributed by atoms with Crippen molar-refractivity contribution in [3.63, 3.8) is 0 Å². The van der Waals surface area contributed by atoms with Crippen LogP contribution in [0.4, 0.5) is 0 Å². The standard InChI is InChI=1S/C23H35NO3/c1-5-23(11-10-18(2)3)12-14-24(15-13-23)16-21(25)22(4)17-26-19-8-6-7-9-20(19)27-22/h6-9,21,25H,2,5,10-17H2,1,3-4H3/t21-,22?/m1/s1. The van der Waals surface area contributed by atoms with Gasteiger partial charge in [0.1, 0.15) is 12.7 Å². The number of para-hydroxylation sites is 2. The first-order chi connectivity index (χ1) is 12.9. The van der Waals surface area contributed by atoms with E-state index in [0.29, 0.717) is 24.3 Å². The summed E-state index contributed by atoms with van der Waals surface area (Å²) < 4.78 is 12.0. The molecule has 4 nitrogen and oxygen atoms in total. The number of hydrogen-bond acceptors (Lipinski definition) is 4. The number of aliphatic hydroxyl groups excluding tert-OH is 1. The highest BCUT2D eigenvalue weighted by molar-refractivity contribution is 5.41. The van der Waals surface area contributed by atoms with Crippen LogP contribution >= 0.6 is 0 Å². The van der Waals surface area contributed by atoms with Crippen LogP contribution in [0.1, 0.15) is 52.9 Å². The fourth-order valence-corrected chi connectivity index (χ4v) is 4.23. The number of allylic oxidation sites excluding steroid dienone is 1. The van der Waals surface area contributed by atoms with Crippen molar-refractivity contribution < 1.29 is 14.6 Å². The normalized spacial score (nSPS) is 25.8. The fourth-order valence-electron chi connectivity index (χ4n) is 4.23. The molecule has 0 aromatic heterocycles. The monoisotopic (exact) mass is 373 g/mol. The Morgan fingerprint density at radius 2 is 1.93 bits per heavy atom. The molecule has 1 saturated heterocycles. The average molecular weight is 374 g/mol. The smallest absolute Gasteiger partial charge is 0.167 e. The summed E-state index contributed by atoms with van der Waals surface area (Å²) in [6.07, 6.45) is 5.39. The van der Waals surface area contributed by atoms with Crippen LogP contribution in [0, 0.1) is 5.41 Å². The third kappa shape index (κ3) is 4.67. The second-order valence-electron chi connectivity index (χ2n) is 8.78. The van der Waals surface area contributed by atoms with E-state index in [4.69, 9.17) is 9.47 Å². The first-order valence-corrected chi connectivity index (χ1v) is 10.3. The Balaban J connectivity index is 1.55. The highest BCUT2D eigenvalue weighted by Crippen LogP contribution is 2.41. The van der Waals surface area contributed by atoms with E-state index in [0.717, 1.165) is 25.3 Å². The van der Waals surface area contributed by atoms with Gasteiger partial charge in [-0.25, -0.2) is 0 Å². The third-order valence-electron chi connectivity index (χ3n) is 6.59. The number of benzene rings is 1. The maximum Gasteiger partial charge on any atom is 0.167 e. The second-order valence-corrected chi connectivity index (χ2v) is 8.78. The number of piperidine rings is 1. The molecule has 150 valence electrons. The lowest BCUT2D eigenvalue weighted by molar-refractivity contribution is -0.0973. The highest BCUT2D eigenvalue weighted by atomic mass is 16.6. The largest absolute Gasteiger partial charge is 0.485 e. The van der Waals surface area contributed by atoms with Gasteiger partial charge in [-0.2, -0.15) is 0 Å². The second kappa shape index (κ2) is 8.24. The van der Waals surface area contributed by atoms with Crippen molar-refractivity contribution in [1.82, 2.24) is 4.90 Å². The van der Waals surface area contributed by atoms with Crippen molar-refractivity contribution in [3.05, 3.63) is 36.4 Å². The van der Waals surface area contributed by atoms with Gasteiger partial charge in [0.25, 0.3) is 0 Å². The molecule has 0 aliphatic carbocycles. The van der Waals surface area contributed by atoms with Gasteiger partial charge in [-0.1, -0.05) is 31.1 Å². The minimum atomic E-state index is -0.715. The van der Waals surface area contributed by atoms with Crippen molar-refractivity contribution in [1.29, 1.82) is 0 Å². The van der Waals surface area contributed by atoms with Crippen molar-refractivity contribution in [3.8, 4) is 11.5 Å². The summed E-state index contributed by atoms with van der Waals surface area (Å²) in [4.78, 5) is 2.38. The summed E-state index contributed by atoms with van der Waals surface area (Å²) in [5.41, 5.74) is 1.00. The molecule has 4 heteroatoms. The molecule has 0 radical (unpaired) electrons. The van der Waals surface area contributed by atoms with Crippen LogP contribution in [-0.2, 0) is 0 Å². The van der Waals surface area contributed by atoms with Crippen LogP contribution < -0.4 is 9.47 Å². The van der Waals surface area contributed by atoms with Crippen molar-refractivity contribution in [2.45, 2.75) is 64.6 Å². The number of hydrogen-bond donors (Lipinski definition) is 1. The number of β-amino-alcohol motifs (C(OH)–C–C–N with tert-alkyl or cyclic N) is 1. The molecule has 1 aromatic carbocycles. The molecule has 1 fully saturated rings. The Labute approximate surface area is 164 Å². The first kappa shape index (κ1) is 20.2. The molecule has 3 rings (SSSR count). The molecule has 2 heterocycles. The minimum Gasteiger partial charge on any atom is -0.485 e. The Morgan fingerprint density at radius 1 is 1.26 bits per heavy atom. The van der Waals surface area contributed by atoms with Gasteiger partial charge < -0.3 is 19.5 Å². The van der Waals surface area contributed by atoms with E-state index < -0.39 is 11.7 Å². The van der Waals surface area contributed by atoms with E-state index in [1.165, 1.54) is 31.3 Å². The molecule has 1 N–H and O–H groups in total. The van der Waals surface area contributed by atoms with Crippen LogP contribution in [0.5, 0.6) is 11.5 Å². The number of likely N-dealkylation sites (tertiary alicyclic amines) is 1. The Kier molecular flexibility index (Phi) is 6.17. The quantitative estimate of drug-likeness (QED) is 0.718. The highest BCUT2D eigenvalue weighted by Gasteiger charge is 2.42. The summed E-state index contributed by atoms with van der Waals surface area (Å²) in [5.74, 6) is 1.47. The molecule has 0 bridgehead atoms. The van der Waals surface area contributed by atoms with Crippen LogP contribution in [0.15, 0.2) is 36.4 Å². The lowest BCUT2D eigenvalue weighted by Crippen LogP contribution is -2.56. The summed E-state index contributed by atoms with van der Waals surface area (Å²) in [6, 6.07) is 7.67. The van der Waals surface area contributed by atoms with E-state index in [9.17, 15) is 5.11 Å². The predicted octanol–water partition coefficient (Wildman–Crippen LogP) is 4.43. The maximum absolute atomic E-state index is 10.9. The maximum atomic E-state index is 10.9. The lowest BCUT2D eigenvalue weighted by atomic mass is 9.72. The summed E-state index contributed by atoms with van der Waals surface area (Å²) in [5, 5.41) is 10.9. The Bertz CT molecular complexity index is 651. The van der Waals surface area contributed by atoms with E-state index in [-0.39, 0.29) is 0 Å². The van der Waals surface area contributed by atoms with E-state index in [1.54, 1.807) is 0 Å². The van der Waals surface area contributed by atoms with Crippen LogP contribution in [0.25, 0.3) is 0 Å². The Hall–Kier alpha value is -1.52.